The molecule has 3 rings (SSSR count). The maximum atomic E-state index is 13.2. The van der Waals surface area contributed by atoms with Gasteiger partial charge in [0.25, 0.3) is 0 Å². The van der Waals surface area contributed by atoms with E-state index in [1.54, 1.807) is 25.2 Å². The zero-order chi connectivity index (χ0) is 19.3. The van der Waals surface area contributed by atoms with Crippen LogP contribution in [0.1, 0.15) is 53.5 Å². The molecular formula is C19H24N2O4S. The molecule has 0 amide bonds. The molecule has 0 saturated carbocycles. The van der Waals surface area contributed by atoms with Gasteiger partial charge in [-0.3, -0.25) is 0 Å². The molecule has 7 heteroatoms. The number of hydrogen-bond acceptors (Lipinski definition) is 7. The molecule has 0 radical (unpaired) electrons. The fourth-order valence-electron chi connectivity index (χ4n) is 2.89. The number of esters is 2. The van der Waals surface area contributed by atoms with Crippen molar-refractivity contribution >= 4 is 29.6 Å². The molecule has 2 aliphatic heterocycles. The quantitative estimate of drug-likeness (QED) is 0.580. The minimum Gasteiger partial charge on any atom is -0.458 e. The van der Waals surface area contributed by atoms with Gasteiger partial charge in [-0.1, -0.05) is 18.2 Å². The van der Waals surface area contributed by atoms with Gasteiger partial charge in [0, 0.05) is 28.8 Å². The molecule has 0 bridgehead atoms. The van der Waals surface area contributed by atoms with Crippen molar-refractivity contribution in [3.8, 4) is 0 Å². The molecule has 0 spiro atoms. The minimum absolute atomic E-state index is 0.126. The van der Waals surface area contributed by atoms with E-state index in [4.69, 9.17) is 9.47 Å². The third kappa shape index (κ3) is 3.32. The van der Waals surface area contributed by atoms with Gasteiger partial charge >= 0.3 is 11.9 Å². The van der Waals surface area contributed by atoms with E-state index in [-0.39, 0.29) is 12.1 Å². The van der Waals surface area contributed by atoms with E-state index in [2.05, 4.69) is 5.10 Å². The highest BCUT2D eigenvalue weighted by atomic mass is 32.2. The Labute approximate surface area is 158 Å². The molecule has 1 aromatic carbocycles. The fourth-order valence-corrected chi connectivity index (χ4v) is 4.08. The van der Waals surface area contributed by atoms with E-state index in [9.17, 15) is 9.59 Å². The second kappa shape index (κ2) is 6.01. The number of hydrazone groups is 1. The van der Waals surface area contributed by atoms with Gasteiger partial charge in [0.15, 0.2) is 5.54 Å². The number of hydrogen-bond donors (Lipinski definition) is 0. The van der Waals surface area contributed by atoms with Crippen molar-refractivity contribution in [1.29, 1.82) is 0 Å². The average molecular weight is 376 g/mol. The molecular weight excluding hydrogens is 352 g/mol. The second-order valence-electron chi connectivity index (χ2n) is 8.45. The fraction of sp³-hybridized carbons (Fsp3) is 0.526. The lowest BCUT2D eigenvalue weighted by molar-refractivity contribution is -0.166. The summed E-state index contributed by atoms with van der Waals surface area (Å²) in [5, 5.41) is 4.41. The molecule has 1 unspecified atom stereocenters. The summed E-state index contributed by atoms with van der Waals surface area (Å²) in [7, 11) is 0. The lowest BCUT2D eigenvalue weighted by Gasteiger charge is -2.32. The van der Waals surface area contributed by atoms with Crippen molar-refractivity contribution in [2.45, 2.75) is 69.6 Å². The Morgan fingerprint density at radius 3 is 2.31 bits per heavy atom. The number of carbonyl (C=O) groups excluding carboxylic acids is 2. The molecule has 0 saturated heterocycles. The monoisotopic (exact) mass is 376 g/mol. The van der Waals surface area contributed by atoms with Gasteiger partial charge in [-0.2, -0.15) is 5.10 Å². The number of carbonyl (C=O) groups is 2. The van der Waals surface area contributed by atoms with Crippen LogP contribution in [0.3, 0.4) is 0 Å². The maximum Gasteiger partial charge on any atom is 0.355 e. The largest absolute Gasteiger partial charge is 0.458 e. The van der Waals surface area contributed by atoms with Crippen molar-refractivity contribution in [3.05, 3.63) is 29.8 Å². The Bertz CT molecular complexity index is 791. The van der Waals surface area contributed by atoms with E-state index in [1.807, 2.05) is 45.0 Å². The molecule has 26 heavy (non-hydrogen) atoms. The van der Waals surface area contributed by atoms with Gasteiger partial charge in [-0.25, -0.2) is 14.0 Å². The third-order valence-electron chi connectivity index (χ3n) is 3.85. The Balaban J connectivity index is 1.98. The Morgan fingerprint density at radius 1 is 1.08 bits per heavy atom. The Morgan fingerprint density at radius 2 is 1.69 bits per heavy atom. The molecule has 2 heterocycles. The summed E-state index contributed by atoms with van der Waals surface area (Å²) in [5.41, 5.74) is -1.37. The van der Waals surface area contributed by atoms with Crippen LogP contribution < -0.4 is 0 Å². The number of nitrogens with zero attached hydrogens (tertiary/aromatic N) is 2. The highest BCUT2D eigenvalue weighted by molar-refractivity contribution is 7.97. The highest BCUT2D eigenvalue weighted by Crippen LogP contribution is 2.54. The van der Waals surface area contributed by atoms with Crippen LogP contribution in [0, 0.1) is 0 Å². The van der Waals surface area contributed by atoms with Crippen LogP contribution in [0.25, 0.3) is 0 Å². The van der Waals surface area contributed by atoms with Crippen LogP contribution in [-0.2, 0) is 24.6 Å². The van der Waals surface area contributed by atoms with Crippen molar-refractivity contribution in [3.63, 3.8) is 0 Å². The number of rotatable bonds is 2. The summed E-state index contributed by atoms with van der Waals surface area (Å²) in [6, 6.07) is 7.61. The van der Waals surface area contributed by atoms with Crippen LogP contribution in [-0.4, -0.2) is 33.3 Å². The smallest absolute Gasteiger partial charge is 0.355 e. The first-order valence-electron chi connectivity index (χ1n) is 8.54. The first-order chi connectivity index (χ1) is 11.9. The van der Waals surface area contributed by atoms with Crippen molar-refractivity contribution < 1.29 is 19.1 Å². The Hall–Kier alpha value is -2.02. The van der Waals surface area contributed by atoms with Gasteiger partial charge in [-0.15, -0.1) is 0 Å². The van der Waals surface area contributed by atoms with E-state index in [0.29, 0.717) is 0 Å². The summed E-state index contributed by atoms with van der Waals surface area (Å²) in [4.78, 5) is 26.6. The molecule has 6 nitrogen and oxygen atoms in total. The van der Waals surface area contributed by atoms with Gasteiger partial charge in [0.1, 0.15) is 16.9 Å². The van der Waals surface area contributed by atoms with E-state index in [1.165, 1.54) is 11.9 Å². The Kier molecular flexibility index (Phi) is 4.34. The molecule has 1 atom stereocenters. The first-order valence-corrected chi connectivity index (χ1v) is 9.32. The van der Waals surface area contributed by atoms with Gasteiger partial charge in [0.2, 0.25) is 0 Å². The molecule has 0 aliphatic carbocycles. The van der Waals surface area contributed by atoms with E-state index >= 15 is 0 Å². The molecule has 0 N–H and O–H groups in total. The van der Waals surface area contributed by atoms with Crippen molar-refractivity contribution in [1.82, 2.24) is 4.41 Å². The highest BCUT2D eigenvalue weighted by Gasteiger charge is 2.59. The topological polar surface area (TPSA) is 68.2 Å². The maximum absolute atomic E-state index is 13.2. The molecule has 0 aromatic heterocycles. The molecule has 2 aliphatic rings. The van der Waals surface area contributed by atoms with Crippen molar-refractivity contribution in [2.75, 3.05) is 0 Å². The van der Waals surface area contributed by atoms with Gasteiger partial charge < -0.3 is 9.47 Å². The average Bonchev–Trinajstić information content (AvgIpc) is 2.97. The van der Waals surface area contributed by atoms with Crippen LogP contribution >= 0.6 is 11.9 Å². The third-order valence-corrected chi connectivity index (χ3v) is 4.97. The predicted octanol–water partition coefficient (Wildman–Crippen LogP) is 3.65. The second-order valence-corrected chi connectivity index (χ2v) is 9.42. The summed E-state index contributed by atoms with van der Waals surface area (Å²) >= 11 is 1.34. The number of fused-ring (bicyclic) bond motifs is 3. The van der Waals surface area contributed by atoms with Gasteiger partial charge in [0.05, 0.1) is 0 Å². The first kappa shape index (κ1) is 18.8. The van der Waals surface area contributed by atoms with Crippen LogP contribution in [0.15, 0.2) is 34.3 Å². The molecule has 140 valence electrons. The zero-order valence-electron chi connectivity index (χ0n) is 16.0. The standard InChI is InChI=1S/C19H24N2O4S/c1-17(2,3)24-15(22)13-11-19(16(23)25-18(4,5)6)12-9-7-8-10-14(12)26-21(19)20-13/h7-10H,11H2,1-6H3. The van der Waals surface area contributed by atoms with Crippen LogP contribution in [0.2, 0.25) is 0 Å². The van der Waals surface area contributed by atoms with E-state index < -0.39 is 28.7 Å². The summed E-state index contributed by atoms with van der Waals surface area (Å²) < 4.78 is 12.7. The molecule has 0 fully saturated rings. The normalized spacial score (nSPS) is 21.8. The lowest BCUT2D eigenvalue weighted by Crippen LogP contribution is -2.45. The van der Waals surface area contributed by atoms with Crippen LogP contribution in [0.4, 0.5) is 0 Å². The predicted molar refractivity (Wildman–Crippen MR) is 99.6 cm³/mol. The minimum atomic E-state index is -1.14. The SMILES string of the molecule is CC(C)(C)OC(=O)C1=NN2Sc3ccccc3C2(C(=O)OC(C)(C)C)C1. The summed E-state index contributed by atoms with van der Waals surface area (Å²) in [6.07, 6.45) is 0.126. The van der Waals surface area contributed by atoms with Crippen LogP contribution in [0.5, 0.6) is 0 Å². The lowest BCUT2D eigenvalue weighted by atomic mass is 9.86. The number of ether oxygens (including phenoxy) is 2. The zero-order valence-corrected chi connectivity index (χ0v) is 16.8. The van der Waals surface area contributed by atoms with E-state index in [0.717, 1.165) is 10.5 Å². The molecule has 1 aromatic rings. The van der Waals surface area contributed by atoms with Gasteiger partial charge in [-0.05, 0) is 47.6 Å². The summed E-state index contributed by atoms with van der Waals surface area (Å²) in [5.74, 6) is -0.919. The summed E-state index contributed by atoms with van der Waals surface area (Å²) in [6.45, 7) is 10.9. The number of benzene rings is 1. The van der Waals surface area contributed by atoms with Crippen molar-refractivity contribution in [2.24, 2.45) is 5.10 Å².